The average Bonchev–Trinajstić information content (AvgIpc) is 3.25. The summed E-state index contributed by atoms with van der Waals surface area (Å²) in [5, 5.41) is 2.97. The van der Waals surface area contributed by atoms with Gasteiger partial charge in [-0.1, -0.05) is 6.42 Å². The summed E-state index contributed by atoms with van der Waals surface area (Å²) < 4.78 is 32.6. The maximum absolute atomic E-state index is 12.9. The fraction of sp³-hybridized carbons (Fsp3) is 0.476. The lowest BCUT2D eigenvalue weighted by molar-refractivity contribution is 0.0914. The van der Waals surface area contributed by atoms with Gasteiger partial charge in [-0.05, 0) is 82.2 Å². The molecule has 7 nitrogen and oxygen atoms in total. The molecule has 1 fully saturated rings. The number of carbonyl (C=O) groups excluding carboxylic acids is 1. The van der Waals surface area contributed by atoms with E-state index in [4.69, 9.17) is 4.42 Å². The number of aryl methyl sites for hydroxylation is 1. The van der Waals surface area contributed by atoms with Gasteiger partial charge in [-0.3, -0.25) is 9.69 Å². The van der Waals surface area contributed by atoms with Crippen LogP contribution in [0.4, 0.5) is 0 Å². The Labute approximate surface area is 172 Å². The third kappa shape index (κ3) is 4.88. The lowest BCUT2D eigenvalue weighted by Gasteiger charge is -2.33. The van der Waals surface area contributed by atoms with Crippen LogP contribution in [0.25, 0.3) is 0 Å². The highest BCUT2D eigenvalue weighted by Crippen LogP contribution is 2.25. The molecule has 0 bridgehead atoms. The Morgan fingerprint density at radius 2 is 1.93 bits per heavy atom. The molecular formula is C21H29N3O4S. The first kappa shape index (κ1) is 21.5. The molecule has 1 atom stereocenters. The highest BCUT2D eigenvalue weighted by atomic mass is 32.2. The summed E-state index contributed by atoms with van der Waals surface area (Å²) >= 11 is 0. The lowest BCUT2D eigenvalue weighted by atomic mass is 10.0. The number of hydrogen-bond acceptors (Lipinski definition) is 5. The smallest absolute Gasteiger partial charge is 0.251 e. The molecule has 0 spiro atoms. The number of rotatable bonds is 7. The summed E-state index contributed by atoms with van der Waals surface area (Å²) in [4.78, 5) is 15.3. The molecule has 0 saturated carbocycles. The van der Waals surface area contributed by atoms with Crippen molar-refractivity contribution in [2.75, 3.05) is 26.7 Å². The Balaban J connectivity index is 1.80. The van der Waals surface area contributed by atoms with Crippen LogP contribution in [-0.2, 0) is 10.0 Å². The van der Waals surface area contributed by atoms with Crippen LogP contribution in [0.3, 0.4) is 0 Å². The predicted molar refractivity (Wildman–Crippen MR) is 111 cm³/mol. The normalized spacial score (nSPS) is 16.5. The van der Waals surface area contributed by atoms with Crippen LogP contribution in [0.1, 0.15) is 52.5 Å². The van der Waals surface area contributed by atoms with Gasteiger partial charge in [-0.25, -0.2) is 13.1 Å². The molecular weight excluding hydrogens is 390 g/mol. The molecule has 1 aromatic carbocycles. The molecule has 158 valence electrons. The zero-order valence-electron chi connectivity index (χ0n) is 17.2. The van der Waals surface area contributed by atoms with Gasteiger partial charge >= 0.3 is 0 Å². The quantitative estimate of drug-likeness (QED) is 0.720. The monoisotopic (exact) mass is 419 g/mol. The van der Waals surface area contributed by atoms with E-state index in [1.165, 1.54) is 19.5 Å². The Kier molecular flexibility index (Phi) is 6.77. The second-order valence-corrected chi connectivity index (χ2v) is 9.32. The van der Waals surface area contributed by atoms with E-state index in [2.05, 4.69) is 14.9 Å². The van der Waals surface area contributed by atoms with Gasteiger partial charge in [0.2, 0.25) is 10.0 Å². The molecule has 1 aliphatic rings. The van der Waals surface area contributed by atoms with Crippen LogP contribution in [0, 0.1) is 13.8 Å². The van der Waals surface area contributed by atoms with Crippen molar-refractivity contribution in [1.29, 1.82) is 0 Å². The summed E-state index contributed by atoms with van der Waals surface area (Å²) in [5.74, 6) is 0.528. The largest absolute Gasteiger partial charge is 0.468 e. The molecule has 8 heteroatoms. The van der Waals surface area contributed by atoms with Crippen LogP contribution in [0.5, 0.6) is 0 Å². The number of likely N-dealkylation sites (tertiary alicyclic amines) is 1. The highest BCUT2D eigenvalue weighted by molar-refractivity contribution is 7.89. The molecule has 29 heavy (non-hydrogen) atoms. The molecule has 0 aliphatic carbocycles. The number of amides is 1. The standard InChI is InChI=1S/C21H29N3O4S/c1-15-12-17(13-20(16(15)2)29(26,27)22-3)21(25)23-14-18(19-8-7-11-28-19)24-9-5-4-6-10-24/h7-8,11-13,18,22H,4-6,9-10,14H2,1-3H3,(H,23,25). The minimum Gasteiger partial charge on any atom is -0.468 e. The van der Waals surface area contributed by atoms with Gasteiger partial charge in [0, 0.05) is 12.1 Å². The van der Waals surface area contributed by atoms with Crippen molar-refractivity contribution < 1.29 is 17.6 Å². The number of carbonyl (C=O) groups is 1. The molecule has 1 amide bonds. The van der Waals surface area contributed by atoms with E-state index in [0.717, 1.165) is 37.3 Å². The molecule has 1 saturated heterocycles. The van der Waals surface area contributed by atoms with E-state index in [1.807, 2.05) is 12.1 Å². The molecule has 1 aliphatic heterocycles. The van der Waals surface area contributed by atoms with Crippen molar-refractivity contribution in [3.05, 3.63) is 53.0 Å². The van der Waals surface area contributed by atoms with E-state index in [-0.39, 0.29) is 16.8 Å². The number of furan rings is 1. The van der Waals surface area contributed by atoms with Gasteiger partial charge in [0.25, 0.3) is 5.91 Å². The van der Waals surface area contributed by atoms with Crippen LogP contribution >= 0.6 is 0 Å². The minimum absolute atomic E-state index is 0.0405. The fourth-order valence-electron chi connectivity index (χ4n) is 3.76. The van der Waals surface area contributed by atoms with Crippen molar-refractivity contribution in [3.8, 4) is 0 Å². The number of sulfonamides is 1. The Bertz CT molecular complexity index is 949. The Hall–Kier alpha value is -2.16. The van der Waals surface area contributed by atoms with Gasteiger partial charge < -0.3 is 9.73 Å². The number of benzene rings is 1. The highest BCUT2D eigenvalue weighted by Gasteiger charge is 2.26. The topological polar surface area (TPSA) is 91.6 Å². The number of nitrogens with zero attached hydrogens (tertiary/aromatic N) is 1. The lowest BCUT2D eigenvalue weighted by Crippen LogP contribution is -2.40. The number of piperidine rings is 1. The first-order valence-corrected chi connectivity index (χ1v) is 11.4. The van der Waals surface area contributed by atoms with Gasteiger partial charge in [0.1, 0.15) is 5.76 Å². The van der Waals surface area contributed by atoms with Gasteiger partial charge in [-0.2, -0.15) is 0 Å². The molecule has 3 rings (SSSR count). The molecule has 2 N–H and O–H groups in total. The summed E-state index contributed by atoms with van der Waals surface area (Å²) in [6.07, 6.45) is 5.13. The van der Waals surface area contributed by atoms with Crippen LogP contribution in [0.15, 0.2) is 39.8 Å². The van der Waals surface area contributed by atoms with E-state index in [9.17, 15) is 13.2 Å². The third-order valence-electron chi connectivity index (χ3n) is 5.60. The van der Waals surface area contributed by atoms with Crippen molar-refractivity contribution in [1.82, 2.24) is 14.9 Å². The van der Waals surface area contributed by atoms with Crippen molar-refractivity contribution >= 4 is 15.9 Å². The Morgan fingerprint density at radius 1 is 1.21 bits per heavy atom. The van der Waals surface area contributed by atoms with Crippen molar-refractivity contribution in [2.24, 2.45) is 0 Å². The fourth-order valence-corrected chi connectivity index (χ4v) is 4.83. The zero-order chi connectivity index (χ0) is 21.0. The Morgan fingerprint density at radius 3 is 2.55 bits per heavy atom. The van der Waals surface area contributed by atoms with Gasteiger partial charge in [0.15, 0.2) is 0 Å². The van der Waals surface area contributed by atoms with Crippen molar-refractivity contribution in [3.63, 3.8) is 0 Å². The third-order valence-corrected chi connectivity index (χ3v) is 7.14. The molecule has 1 unspecified atom stereocenters. The molecule has 2 aromatic rings. The van der Waals surface area contributed by atoms with Crippen LogP contribution in [0.2, 0.25) is 0 Å². The minimum atomic E-state index is -3.64. The first-order valence-electron chi connectivity index (χ1n) is 9.94. The van der Waals surface area contributed by atoms with Crippen LogP contribution in [-0.4, -0.2) is 45.9 Å². The second-order valence-electron chi connectivity index (χ2n) is 7.46. The average molecular weight is 420 g/mol. The van der Waals surface area contributed by atoms with Crippen molar-refractivity contribution in [2.45, 2.75) is 44.0 Å². The van der Waals surface area contributed by atoms with Gasteiger partial charge in [0.05, 0.1) is 17.2 Å². The molecule has 2 heterocycles. The zero-order valence-corrected chi connectivity index (χ0v) is 18.0. The van der Waals surface area contributed by atoms with E-state index < -0.39 is 10.0 Å². The summed E-state index contributed by atoms with van der Waals surface area (Å²) in [6, 6.07) is 6.90. The summed E-state index contributed by atoms with van der Waals surface area (Å²) in [7, 11) is -2.28. The van der Waals surface area contributed by atoms with Crippen LogP contribution < -0.4 is 10.0 Å². The summed E-state index contributed by atoms with van der Waals surface area (Å²) in [6.45, 7) is 5.88. The SMILES string of the molecule is CNS(=O)(=O)c1cc(C(=O)NCC(c2ccco2)N2CCCCC2)cc(C)c1C. The van der Waals surface area contributed by atoms with E-state index in [0.29, 0.717) is 17.7 Å². The number of nitrogens with one attached hydrogen (secondary N) is 2. The first-order chi connectivity index (χ1) is 13.8. The maximum atomic E-state index is 12.9. The predicted octanol–water partition coefficient (Wildman–Crippen LogP) is 2.76. The number of hydrogen-bond donors (Lipinski definition) is 2. The maximum Gasteiger partial charge on any atom is 0.251 e. The van der Waals surface area contributed by atoms with E-state index >= 15 is 0 Å². The second kappa shape index (κ2) is 9.11. The van der Waals surface area contributed by atoms with Gasteiger partial charge in [-0.15, -0.1) is 0 Å². The van der Waals surface area contributed by atoms with E-state index in [1.54, 1.807) is 26.2 Å². The summed E-state index contributed by atoms with van der Waals surface area (Å²) in [5.41, 5.74) is 1.72. The molecule has 1 aromatic heterocycles. The molecule has 0 radical (unpaired) electrons.